The predicted molar refractivity (Wildman–Crippen MR) is 51.8 cm³/mol. The summed E-state index contributed by atoms with van der Waals surface area (Å²) in [5, 5.41) is 0. The maximum Gasteiger partial charge on any atom is 0.303 e. The van der Waals surface area contributed by atoms with Crippen LogP contribution in [0, 0.1) is 5.92 Å². The van der Waals surface area contributed by atoms with Crippen LogP contribution in [0.4, 0.5) is 0 Å². The largest absolute Gasteiger partial charge is 0.460 e. The molecule has 0 aliphatic rings. The SMILES string of the molecule is CC(=O)OC(C)(C)C.C[C](C)C. The van der Waals surface area contributed by atoms with Crippen molar-refractivity contribution in [1.29, 1.82) is 0 Å². The standard InChI is InChI=1S/C6H12O2.C4H9/c1-5(7)8-6(2,3)4;1-4(2)3/h1-4H3;1-3H3. The Hall–Kier alpha value is -0.530. The van der Waals surface area contributed by atoms with Crippen molar-refractivity contribution in [3.63, 3.8) is 0 Å². The van der Waals surface area contributed by atoms with Gasteiger partial charge in [-0.2, -0.15) is 0 Å². The molecule has 0 aromatic carbocycles. The van der Waals surface area contributed by atoms with Crippen LogP contribution in [0.1, 0.15) is 48.5 Å². The third kappa shape index (κ3) is 34.0. The molecule has 0 aromatic rings. The summed E-state index contributed by atoms with van der Waals surface area (Å²) in [6, 6.07) is 0. The first-order chi connectivity index (χ1) is 5.15. The second-order valence-corrected chi connectivity index (χ2v) is 4.21. The van der Waals surface area contributed by atoms with E-state index in [1.54, 1.807) is 0 Å². The lowest BCUT2D eigenvalue weighted by Crippen LogP contribution is -2.21. The molecule has 0 heterocycles. The molecule has 0 unspecified atom stereocenters. The number of carbonyl (C=O) groups is 1. The van der Waals surface area contributed by atoms with Crippen LogP contribution in [0.5, 0.6) is 0 Å². The fraction of sp³-hybridized carbons (Fsp3) is 0.800. The molecule has 0 aliphatic carbocycles. The van der Waals surface area contributed by atoms with Gasteiger partial charge in [0.05, 0.1) is 0 Å². The quantitative estimate of drug-likeness (QED) is 0.526. The van der Waals surface area contributed by atoms with Gasteiger partial charge in [-0.25, -0.2) is 0 Å². The maximum absolute atomic E-state index is 10.2. The van der Waals surface area contributed by atoms with Crippen molar-refractivity contribution < 1.29 is 9.53 Å². The van der Waals surface area contributed by atoms with Gasteiger partial charge in [-0.15, -0.1) is 0 Å². The van der Waals surface area contributed by atoms with E-state index in [1.807, 2.05) is 20.8 Å². The van der Waals surface area contributed by atoms with Crippen molar-refractivity contribution in [3.05, 3.63) is 5.92 Å². The molecular weight excluding hydrogens is 152 g/mol. The third-order valence-corrected chi connectivity index (χ3v) is 0.450. The molecule has 0 atom stereocenters. The second-order valence-electron chi connectivity index (χ2n) is 4.21. The summed E-state index contributed by atoms with van der Waals surface area (Å²) in [6.07, 6.45) is 0. The number of hydrogen-bond donors (Lipinski definition) is 0. The number of rotatable bonds is 0. The lowest BCUT2D eigenvalue weighted by molar-refractivity contribution is -0.151. The normalized spacial score (nSPS) is 10.3. The lowest BCUT2D eigenvalue weighted by Gasteiger charge is -2.17. The van der Waals surface area contributed by atoms with Gasteiger partial charge in [0.15, 0.2) is 0 Å². The van der Waals surface area contributed by atoms with Gasteiger partial charge in [0.2, 0.25) is 0 Å². The van der Waals surface area contributed by atoms with Crippen LogP contribution in [-0.2, 0) is 9.53 Å². The molecule has 2 nitrogen and oxygen atoms in total. The van der Waals surface area contributed by atoms with Crippen molar-refractivity contribution in [2.75, 3.05) is 0 Å². The fourth-order valence-electron chi connectivity index (χ4n) is 0.431. The van der Waals surface area contributed by atoms with Gasteiger partial charge in [-0.3, -0.25) is 4.79 Å². The van der Waals surface area contributed by atoms with E-state index < -0.39 is 0 Å². The van der Waals surface area contributed by atoms with Crippen molar-refractivity contribution in [2.24, 2.45) is 0 Å². The van der Waals surface area contributed by atoms with Crippen LogP contribution in [0.25, 0.3) is 0 Å². The van der Waals surface area contributed by atoms with E-state index in [9.17, 15) is 4.79 Å². The highest BCUT2D eigenvalue weighted by atomic mass is 16.6. The van der Waals surface area contributed by atoms with E-state index in [0.29, 0.717) is 0 Å². The zero-order valence-electron chi connectivity index (χ0n) is 9.32. The molecule has 0 N–H and O–H groups in total. The highest BCUT2D eigenvalue weighted by molar-refractivity contribution is 5.66. The highest BCUT2D eigenvalue weighted by Gasteiger charge is 2.11. The minimum absolute atomic E-state index is 0.225. The van der Waals surface area contributed by atoms with Gasteiger partial charge in [0.25, 0.3) is 0 Å². The zero-order chi connectivity index (χ0) is 10.4. The molecule has 2 heteroatoms. The predicted octanol–water partition coefficient (Wildman–Crippen LogP) is 2.97. The summed E-state index contributed by atoms with van der Waals surface area (Å²) < 4.78 is 4.80. The van der Waals surface area contributed by atoms with Gasteiger partial charge < -0.3 is 4.74 Å². The highest BCUT2D eigenvalue weighted by Crippen LogP contribution is 2.05. The Morgan fingerprint density at radius 3 is 1.25 bits per heavy atom. The van der Waals surface area contributed by atoms with Crippen LogP contribution >= 0.6 is 0 Å². The van der Waals surface area contributed by atoms with Crippen LogP contribution in [-0.4, -0.2) is 11.6 Å². The van der Waals surface area contributed by atoms with Crippen molar-refractivity contribution in [2.45, 2.75) is 54.1 Å². The minimum atomic E-state index is -0.328. The number of esters is 1. The summed E-state index contributed by atoms with van der Waals surface area (Å²) in [6.45, 7) is 13.2. The Morgan fingerprint density at radius 1 is 1.00 bits per heavy atom. The van der Waals surface area contributed by atoms with E-state index >= 15 is 0 Å². The van der Waals surface area contributed by atoms with Gasteiger partial charge in [0, 0.05) is 6.92 Å². The average Bonchev–Trinajstić information content (AvgIpc) is 1.52. The molecule has 0 saturated carbocycles. The molecule has 0 amide bonds. The van der Waals surface area contributed by atoms with Gasteiger partial charge in [0.1, 0.15) is 5.60 Å². The first-order valence-corrected chi connectivity index (χ1v) is 4.11. The average molecular weight is 173 g/mol. The Bertz CT molecular complexity index is 118. The lowest BCUT2D eigenvalue weighted by atomic mass is 10.2. The van der Waals surface area contributed by atoms with Crippen molar-refractivity contribution >= 4 is 5.97 Å². The summed E-state index contributed by atoms with van der Waals surface area (Å²) in [7, 11) is 0. The molecule has 0 fully saturated rings. The maximum atomic E-state index is 10.2. The molecule has 0 aromatic heterocycles. The summed E-state index contributed by atoms with van der Waals surface area (Å²) >= 11 is 0. The van der Waals surface area contributed by atoms with Crippen molar-refractivity contribution in [1.82, 2.24) is 0 Å². The zero-order valence-corrected chi connectivity index (χ0v) is 9.32. The Labute approximate surface area is 76.3 Å². The van der Waals surface area contributed by atoms with Gasteiger partial charge in [-0.1, -0.05) is 20.8 Å². The van der Waals surface area contributed by atoms with Crippen LogP contribution in [0.3, 0.4) is 0 Å². The number of hydrogen-bond acceptors (Lipinski definition) is 2. The van der Waals surface area contributed by atoms with Crippen LogP contribution in [0.15, 0.2) is 0 Å². The Morgan fingerprint density at radius 2 is 1.25 bits per heavy atom. The Kier molecular flexibility index (Phi) is 7.05. The second kappa shape index (κ2) is 6.04. The number of carbonyl (C=O) groups excluding carboxylic acids is 1. The molecule has 0 bridgehead atoms. The fourth-order valence-corrected chi connectivity index (χ4v) is 0.431. The molecule has 0 rings (SSSR count). The topological polar surface area (TPSA) is 26.3 Å². The summed E-state index contributed by atoms with van der Waals surface area (Å²) in [5.41, 5.74) is -0.328. The number of ether oxygens (including phenoxy) is 1. The smallest absolute Gasteiger partial charge is 0.303 e. The minimum Gasteiger partial charge on any atom is -0.460 e. The van der Waals surface area contributed by atoms with E-state index in [0.717, 1.165) is 0 Å². The van der Waals surface area contributed by atoms with Gasteiger partial charge >= 0.3 is 5.97 Å². The van der Waals surface area contributed by atoms with E-state index in [4.69, 9.17) is 4.74 Å². The molecule has 12 heavy (non-hydrogen) atoms. The first kappa shape index (κ1) is 14.0. The third-order valence-electron chi connectivity index (χ3n) is 0.450. The van der Waals surface area contributed by atoms with Crippen LogP contribution < -0.4 is 0 Å². The summed E-state index contributed by atoms with van der Waals surface area (Å²) in [4.78, 5) is 10.2. The monoisotopic (exact) mass is 173 g/mol. The molecular formula is C10H21O2. The molecule has 1 radical (unpaired) electrons. The van der Waals surface area contributed by atoms with E-state index in [-0.39, 0.29) is 11.6 Å². The molecule has 0 saturated heterocycles. The first-order valence-electron chi connectivity index (χ1n) is 4.11. The molecule has 0 spiro atoms. The molecule has 73 valence electrons. The van der Waals surface area contributed by atoms with E-state index in [1.165, 1.54) is 12.8 Å². The summed E-state index contributed by atoms with van der Waals surface area (Å²) in [5.74, 6) is 1.19. The van der Waals surface area contributed by atoms with Gasteiger partial charge in [-0.05, 0) is 26.7 Å². The Balaban J connectivity index is 0. The van der Waals surface area contributed by atoms with Crippen LogP contribution in [0.2, 0.25) is 0 Å². The molecule has 0 aliphatic heterocycles. The van der Waals surface area contributed by atoms with Crippen molar-refractivity contribution in [3.8, 4) is 0 Å². The van der Waals surface area contributed by atoms with E-state index in [2.05, 4.69) is 20.8 Å².